The summed E-state index contributed by atoms with van der Waals surface area (Å²) in [5.41, 5.74) is 1.91. The van der Waals surface area contributed by atoms with Crippen molar-refractivity contribution in [3.05, 3.63) is 46.1 Å². The van der Waals surface area contributed by atoms with E-state index in [1.54, 1.807) is 26.2 Å². The maximum Gasteiger partial charge on any atom is 0.264 e. The van der Waals surface area contributed by atoms with Crippen LogP contribution in [-0.4, -0.2) is 79.1 Å². The van der Waals surface area contributed by atoms with Gasteiger partial charge in [0, 0.05) is 39.7 Å². The smallest absolute Gasteiger partial charge is 0.264 e. The number of thiophene rings is 1. The van der Waals surface area contributed by atoms with Gasteiger partial charge in [0.1, 0.15) is 17.2 Å². The van der Waals surface area contributed by atoms with E-state index in [1.165, 1.54) is 11.3 Å². The third kappa shape index (κ3) is 5.38. The third-order valence-corrected chi connectivity index (χ3v) is 7.34. The summed E-state index contributed by atoms with van der Waals surface area (Å²) in [6.07, 6.45) is 1.12. The molecule has 0 saturated carbocycles. The summed E-state index contributed by atoms with van der Waals surface area (Å²) >= 11 is 1.34. The van der Waals surface area contributed by atoms with Gasteiger partial charge < -0.3 is 24.0 Å². The van der Waals surface area contributed by atoms with E-state index in [4.69, 9.17) is 14.2 Å². The summed E-state index contributed by atoms with van der Waals surface area (Å²) in [6, 6.07) is 7.76. The van der Waals surface area contributed by atoms with Crippen molar-refractivity contribution in [2.45, 2.75) is 26.4 Å². The highest BCUT2D eigenvalue weighted by Crippen LogP contribution is 2.35. The first-order chi connectivity index (χ1) is 16.9. The maximum atomic E-state index is 13.3. The molecule has 3 aromatic rings. The van der Waals surface area contributed by atoms with Gasteiger partial charge in [-0.3, -0.25) is 9.59 Å². The number of hydrogen-bond acceptors (Lipinski definition) is 8. The lowest BCUT2D eigenvalue weighted by molar-refractivity contribution is -0.132. The molecule has 0 atom stereocenters. The molecule has 0 aliphatic carbocycles. The monoisotopic (exact) mass is 498 g/mol. The zero-order chi connectivity index (χ0) is 24.9. The Bertz CT molecular complexity index is 1200. The van der Waals surface area contributed by atoms with Crippen LogP contribution in [0.25, 0.3) is 10.2 Å². The van der Waals surface area contributed by atoms with Gasteiger partial charge in [-0.1, -0.05) is 12.1 Å². The lowest BCUT2D eigenvalue weighted by Crippen LogP contribution is -2.50. The van der Waals surface area contributed by atoms with E-state index >= 15 is 0 Å². The Morgan fingerprint density at radius 3 is 2.29 bits per heavy atom. The second-order valence-corrected chi connectivity index (χ2v) is 9.34. The van der Waals surface area contributed by atoms with Crippen LogP contribution >= 0.6 is 11.3 Å². The minimum absolute atomic E-state index is 0.0498. The molecule has 35 heavy (non-hydrogen) atoms. The largest absolute Gasteiger partial charge is 0.497 e. The number of rotatable bonds is 8. The number of aryl methyl sites for hydroxylation is 2. The molecule has 1 aliphatic rings. The molecule has 186 valence electrons. The molecule has 0 unspecified atom stereocenters. The fourth-order valence-corrected chi connectivity index (χ4v) is 5.35. The van der Waals surface area contributed by atoms with Gasteiger partial charge in [-0.05, 0) is 36.6 Å². The van der Waals surface area contributed by atoms with Crippen LogP contribution in [0.4, 0.5) is 0 Å². The van der Waals surface area contributed by atoms with Gasteiger partial charge in [-0.25, -0.2) is 4.98 Å². The molecule has 2 amide bonds. The number of carbonyl (C=O) groups is 2. The summed E-state index contributed by atoms with van der Waals surface area (Å²) in [4.78, 5) is 40.0. The maximum absolute atomic E-state index is 13.3. The summed E-state index contributed by atoms with van der Waals surface area (Å²) in [5, 5.41) is 0.757. The number of fused-ring (bicyclic) bond motifs is 1. The van der Waals surface area contributed by atoms with Gasteiger partial charge in [0.2, 0.25) is 11.8 Å². The van der Waals surface area contributed by atoms with E-state index in [1.807, 2.05) is 36.1 Å². The number of aromatic nitrogens is 2. The minimum atomic E-state index is -0.0498. The third-order valence-electron chi connectivity index (χ3n) is 6.17. The Balaban J connectivity index is 1.38. The summed E-state index contributed by atoms with van der Waals surface area (Å²) in [6.45, 7) is 4.21. The molecule has 3 heterocycles. The van der Waals surface area contributed by atoms with Crippen molar-refractivity contribution in [1.29, 1.82) is 0 Å². The molecule has 1 aromatic carbocycles. The van der Waals surface area contributed by atoms with Crippen LogP contribution in [0.5, 0.6) is 11.6 Å². The molecule has 1 fully saturated rings. The van der Waals surface area contributed by atoms with Crippen LogP contribution in [0.15, 0.2) is 24.3 Å². The Hall–Kier alpha value is -3.24. The van der Waals surface area contributed by atoms with Crippen LogP contribution in [-0.2, 0) is 22.6 Å². The van der Waals surface area contributed by atoms with Crippen molar-refractivity contribution < 1.29 is 23.8 Å². The average molecular weight is 499 g/mol. The first kappa shape index (κ1) is 24.9. The Kier molecular flexibility index (Phi) is 7.82. The number of carbonyl (C=O) groups excluding carboxylic acids is 2. The Labute approximate surface area is 208 Å². The Morgan fingerprint density at radius 2 is 1.66 bits per heavy atom. The van der Waals surface area contributed by atoms with Gasteiger partial charge in [-0.2, -0.15) is 4.98 Å². The molecule has 0 spiro atoms. The van der Waals surface area contributed by atoms with Crippen LogP contribution in [0.1, 0.15) is 33.0 Å². The summed E-state index contributed by atoms with van der Waals surface area (Å²) in [5.74, 6) is 1.82. The SMILES string of the molecule is COCc1nc(OC)c2c(C)c(C(=O)N3CCN(C(=O)CCc4ccc(OC)cc4)CC3)sc2n1. The van der Waals surface area contributed by atoms with Gasteiger partial charge in [0.05, 0.1) is 24.5 Å². The first-order valence-corrected chi connectivity index (χ1v) is 12.3. The molecule has 2 aromatic heterocycles. The van der Waals surface area contributed by atoms with E-state index in [2.05, 4.69) is 9.97 Å². The molecule has 10 heteroatoms. The van der Waals surface area contributed by atoms with E-state index < -0.39 is 0 Å². The van der Waals surface area contributed by atoms with Crippen LogP contribution in [0, 0.1) is 6.92 Å². The topological polar surface area (TPSA) is 94.1 Å². The summed E-state index contributed by atoms with van der Waals surface area (Å²) in [7, 11) is 4.77. The molecule has 0 bridgehead atoms. The van der Waals surface area contributed by atoms with Crippen molar-refractivity contribution in [2.24, 2.45) is 0 Å². The van der Waals surface area contributed by atoms with E-state index in [0.717, 1.165) is 22.3 Å². The predicted octanol–water partition coefficient (Wildman–Crippen LogP) is 3.08. The molecule has 4 rings (SSSR count). The van der Waals surface area contributed by atoms with Crippen LogP contribution < -0.4 is 9.47 Å². The normalized spacial score (nSPS) is 13.8. The highest BCUT2D eigenvalue weighted by atomic mass is 32.1. The van der Waals surface area contributed by atoms with E-state index in [-0.39, 0.29) is 18.4 Å². The number of amides is 2. The van der Waals surface area contributed by atoms with Gasteiger partial charge in [0.15, 0.2) is 5.82 Å². The second-order valence-electron chi connectivity index (χ2n) is 8.34. The number of piperazine rings is 1. The average Bonchev–Trinajstić information content (AvgIpc) is 3.23. The van der Waals surface area contributed by atoms with Crippen molar-refractivity contribution in [3.8, 4) is 11.6 Å². The highest BCUT2D eigenvalue weighted by molar-refractivity contribution is 7.20. The minimum Gasteiger partial charge on any atom is -0.497 e. The molecule has 0 radical (unpaired) electrons. The summed E-state index contributed by atoms with van der Waals surface area (Å²) < 4.78 is 15.8. The van der Waals surface area contributed by atoms with Crippen molar-refractivity contribution in [1.82, 2.24) is 19.8 Å². The standard InChI is InChI=1S/C25H30N4O5S/c1-16-21-23(34-4)26-19(15-32-2)27-24(21)35-22(16)25(31)29-13-11-28(12-14-29)20(30)10-7-17-5-8-18(33-3)9-6-17/h5-6,8-9H,7,10-15H2,1-4H3. The number of hydrogen-bond donors (Lipinski definition) is 0. The molecule has 0 N–H and O–H groups in total. The number of nitrogens with zero attached hydrogens (tertiary/aromatic N) is 4. The van der Waals surface area contributed by atoms with E-state index in [0.29, 0.717) is 60.4 Å². The van der Waals surface area contributed by atoms with Crippen LogP contribution in [0.2, 0.25) is 0 Å². The second kappa shape index (κ2) is 11.0. The molecule has 1 saturated heterocycles. The zero-order valence-electron chi connectivity index (χ0n) is 20.5. The lowest BCUT2D eigenvalue weighted by atomic mass is 10.1. The first-order valence-electron chi connectivity index (χ1n) is 11.5. The molecule has 1 aliphatic heterocycles. The fourth-order valence-electron chi connectivity index (χ4n) is 4.19. The van der Waals surface area contributed by atoms with Crippen LogP contribution in [0.3, 0.4) is 0 Å². The Morgan fingerprint density at radius 1 is 0.971 bits per heavy atom. The van der Waals surface area contributed by atoms with E-state index in [9.17, 15) is 9.59 Å². The fraction of sp³-hybridized carbons (Fsp3) is 0.440. The zero-order valence-corrected chi connectivity index (χ0v) is 21.3. The lowest BCUT2D eigenvalue weighted by Gasteiger charge is -2.34. The van der Waals surface area contributed by atoms with Crippen molar-refractivity contribution in [2.75, 3.05) is 47.5 Å². The predicted molar refractivity (Wildman–Crippen MR) is 133 cm³/mol. The van der Waals surface area contributed by atoms with Crippen molar-refractivity contribution in [3.63, 3.8) is 0 Å². The molecular formula is C25H30N4O5S. The number of ether oxygens (including phenoxy) is 3. The van der Waals surface area contributed by atoms with Gasteiger partial charge in [-0.15, -0.1) is 11.3 Å². The number of methoxy groups -OCH3 is 3. The molecular weight excluding hydrogens is 468 g/mol. The van der Waals surface area contributed by atoms with Crippen molar-refractivity contribution >= 4 is 33.4 Å². The number of benzene rings is 1. The van der Waals surface area contributed by atoms with Gasteiger partial charge >= 0.3 is 0 Å². The quantitative estimate of drug-likeness (QED) is 0.471. The molecule has 9 nitrogen and oxygen atoms in total. The van der Waals surface area contributed by atoms with Gasteiger partial charge in [0.25, 0.3) is 5.91 Å². The highest BCUT2D eigenvalue weighted by Gasteiger charge is 2.28.